The smallest absolute Gasteiger partial charge is 0.272 e. The van der Waals surface area contributed by atoms with Gasteiger partial charge in [-0.3, -0.25) is 4.79 Å². The van der Waals surface area contributed by atoms with Gasteiger partial charge in [-0.1, -0.05) is 55.8 Å². The first kappa shape index (κ1) is 18.1. The van der Waals surface area contributed by atoms with Crippen molar-refractivity contribution in [1.29, 1.82) is 0 Å². The highest BCUT2D eigenvalue weighted by atomic mass is 16.3. The Morgan fingerprint density at radius 3 is 2.43 bits per heavy atom. The summed E-state index contributed by atoms with van der Waals surface area (Å²) < 4.78 is 7.54. The van der Waals surface area contributed by atoms with E-state index in [1.54, 1.807) is 12.3 Å². The number of hydrogen-bond donors (Lipinski definition) is 1. The largest absolute Gasteiger partial charge is 0.463 e. The number of nitrogens with zero attached hydrogens (tertiary/aromatic N) is 1. The van der Waals surface area contributed by atoms with Crippen LogP contribution in [0.25, 0.3) is 11.1 Å². The monoisotopic (exact) mass is 372 g/mol. The van der Waals surface area contributed by atoms with Gasteiger partial charge in [-0.15, -0.1) is 0 Å². The third-order valence-electron chi connectivity index (χ3n) is 5.05. The number of carbonyl (C=O) groups excluding carboxylic acids is 1. The van der Waals surface area contributed by atoms with Gasteiger partial charge in [0.2, 0.25) is 0 Å². The molecule has 28 heavy (non-hydrogen) atoms. The summed E-state index contributed by atoms with van der Waals surface area (Å²) in [5, 5.41) is 3.01. The number of aryl methyl sites for hydroxylation is 1. The molecule has 0 aliphatic heterocycles. The van der Waals surface area contributed by atoms with Crippen LogP contribution in [0, 0.1) is 6.92 Å². The highest BCUT2D eigenvalue weighted by Gasteiger charge is 2.18. The fourth-order valence-electron chi connectivity index (χ4n) is 3.36. The molecule has 0 fully saturated rings. The van der Waals surface area contributed by atoms with Gasteiger partial charge in [0, 0.05) is 24.4 Å². The minimum atomic E-state index is -0.143. The van der Waals surface area contributed by atoms with E-state index >= 15 is 0 Å². The molecule has 0 atom stereocenters. The predicted molar refractivity (Wildman–Crippen MR) is 113 cm³/mol. The first-order chi connectivity index (χ1) is 13.5. The molecule has 0 saturated carbocycles. The second kappa shape index (κ2) is 7.39. The van der Waals surface area contributed by atoms with Crippen molar-refractivity contribution in [2.45, 2.75) is 33.2 Å². The average molecular weight is 372 g/mol. The highest BCUT2D eigenvalue weighted by molar-refractivity contribution is 6.05. The molecule has 2 heterocycles. The van der Waals surface area contributed by atoms with Crippen molar-refractivity contribution < 1.29 is 9.21 Å². The maximum absolute atomic E-state index is 13.0. The molecule has 4 nitrogen and oxygen atoms in total. The Morgan fingerprint density at radius 2 is 1.75 bits per heavy atom. The number of hydrogen-bond acceptors (Lipinski definition) is 2. The zero-order valence-electron chi connectivity index (χ0n) is 16.4. The Labute approximate surface area is 164 Å². The van der Waals surface area contributed by atoms with Gasteiger partial charge in [-0.2, -0.15) is 0 Å². The quantitative estimate of drug-likeness (QED) is 0.469. The van der Waals surface area contributed by atoms with Gasteiger partial charge in [0.15, 0.2) is 5.58 Å². The van der Waals surface area contributed by atoms with Crippen LogP contribution in [0.1, 0.15) is 46.9 Å². The first-order valence-corrected chi connectivity index (χ1v) is 9.55. The minimum Gasteiger partial charge on any atom is -0.463 e. The van der Waals surface area contributed by atoms with Crippen molar-refractivity contribution in [1.82, 2.24) is 4.57 Å². The zero-order valence-corrected chi connectivity index (χ0v) is 16.4. The van der Waals surface area contributed by atoms with Crippen LogP contribution in [-0.2, 0) is 6.54 Å². The lowest BCUT2D eigenvalue weighted by Gasteiger charge is -2.12. The molecule has 1 N–H and O–H groups in total. The van der Waals surface area contributed by atoms with Crippen LogP contribution in [0.15, 0.2) is 71.3 Å². The third-order valence-corrected chi connectivity index (χ3v) is 5.05. The van der Waals surface area contributed by atoms with Crippen LogP contribution in [0.5, 0.6) is 0 Å². The third kappa shape index (κ3) is 3.58. The second-order valence-corrected chi connectivity index (χ2v) is 7.50. The summed E-state index contributed by atoms with van der Waals surface area (Å²) in [4.78, 5) is 13.0. The van der Waals surface area contributed by atoms with Crippen molar-refractivity contribution >= 4 is 22.7 Å². The lowest BCUT2D eigenvalue weighted by Crippen LogP contribution is -2.17. The van der Waals surface area contributed by atoms with Crippen LogP contribution in [-0.4, -0.2) is 10.5 Å². The molecular formula is C24H24N2O2. The summed E-state index contributed by atoms with van der Waals surface area (Å²) >= 11 is 0. The van der Waals surface area contributed by atoms with E-state index in [0.29, 0.717) is 23.7 Å². The fourth-order valence-corrected chi connectivity index (χ4v) is 3.36. The van der Waals surface area contributed by atoms with Gasteiger partial charge in [0.1, 0.15) is 5.69 Å². The minimum absolute atomic E-state index is 0.143. The van der Waals surface area contributed by atoms with Gasteiger partial charge < -0.3 is 14.3 Å². The van der Waals surface area contributed by atoms with E-state index in [4.69, 9.17) is 4.42 Å². The summed E-state index contributed by atoms with van der Waals surface area (Å²) in [5.41, 5.74) is 6.61. The van der Waals surface area contributed by atoms with Crippen molar-refractivity contribution in [2.24, 2.45) is 0 Å². The number of furan rings is 1. The molecule has 142 valence electrons. The van der Waals surface area contributed by atoms with Gasteiger partial charge in [0.05, 0.1) is 11.8 Å². The summed E-state index contributed by atoms with van der Waals surface area (Å²) in [7, 11) is 0. The molecule has 0 spiro atoms. The Bertz CT molecular complexity index is 1100. The molecular weight excluding hydrogens is 348 g/mol. The number of rotatable bonds is 5. The molecule has 0 saturated heterocycles. The van der Waals surface area contributed by atoms with E-state index in [0.717, 1.165) is 16.8 Å². The molecule has 4 aromatic rings. The Kier molecular flexibility index (Phi) is 4.78. The summed E-state index contributed by atoms with van der Waals surface area (Å²) in [5.74, 6) is 0.319. The summed E-state index contributed by atoms with van der Waals surface area (Å²) in [6, 6.07) is 20.1. The Hall–Kier alpha value is -3.27. The molecule has 2 aromatic heterocycles. The first-order valence-electron chi connectivity index (χ1n) is 9.55. The van der Waals surface area contributed by atoms with E-state index in [1.165, 1.54) is 11.1 Å². The number of fused-ring (bicyclic) bond motifs is 1. The number of carbonyl (C=O) groups is 1. The van der Waals surface area contributed by atoms with E-state index < -0.39 is 0 Å². The molecule has 0 aliphatic carbocycles. The van der Waals surface area contributed by atoms with Crippen LogP contribution in [0.2, 0.25) is 0 Å². The predicted octanol–water partition coefficient (Wildman–Crippen LogP) is 5.97. The molecule has 0 unspecified atom stereocenters. The number of anilines is 1. The van der Waals surface area contributed by atoms with Crippen LogP contribution in [0.4, 0.5) is 5.69 Å². The molecule has 4 rings (SSSR count). The van der Waals surface area contributed by atoms with Crippen molar-refractivity contribution in [3.63, 3.8) is 0 Å². The molecule has 0 bridgehead atoms. The lowest BCUT2D eigenvalue weighted by molar-refractivity contribution is 0.101. The second-order valence-electron chi connectivity index (χ2n) is 7.50. The lowest BCUT2D eigenvalue weighted by atomic mass is 10.0. The summed E-state index contributed by atoms with van der Waals surface area (Å²) in [6.45, 7) is 6.98. The number of aromatic nitrogens is 1. The molecule has 0 radical (unpaired) electrons. The normalized spacial score (nSPS) is 11.3. The van der Waals surface area contributed by atoms with E-state index in [1.807, 2.05) is 22.8 Å². The number of nitrogens with one attached hydrogen (secondary N) is 1. The molecule has 4 heteroatoms. The molecule has 0 aliphatic rings. The van der Waals surface area contributed by atoms with Crippen LogP contribution >= 0.6 is 0 Å². The zero-order chi connectivity index (χ0) is 19.7. The van der Waals surface area contributed by atoms with Crippen molar-refractivity contribution in [3.8, 4) is 0 Å². The van der Waals surface area contributed by atoms with E-state index in [2.05, 4.69) is 62.5 Å². The van der Waals surface area contributed by atoms with Crippen molar-refractivity contribution in [3.05, 3.63) is 89.3 Å². The van der Waals surface area contributed by atoms with Crippen LogP contribution in [0.3, 0.4) is 0 Å². The molecule has 1 amide bonds. The van der Waals surface area contributed by atoms with Gasteiger partial charge in [-0.05, 0) is 36.1 Å². The van der Waals surface area contributed by atoms with E-state index in [-0.39, 0.29) is 5.91 Å². The number of amides is 1. The average Bonchev–Trinajstić information content (AvgIpc) is 3.26. The Balaban J connectivity index is 1.63. The Morgan fingerprint density at radius 1 is 1.04 bits per heavy atom. The summed E-state index contributed by atoms with van der Waals surface area (Å²) in [6.07, 6.45) is 1.66. The van der Waals surface area contributed by atoms with Crippen molar-refractivity contribution in [2.75, 3.05) is 5.32 Å². The SMILES string of the molecule is Cc1ccc(Cn2c(C(=O)Nc3ccc(C(C)C)cc3)cc3occc32)cc1. The van der Waals surface area contributed by atoms with Gasteiger partial charge in [0.25, 0.3) is 5.91 Å². The highest BCUT2D eigenvalue weighted by Crippen LogP contribution is 2.24. The topological polar surface area (TPSA) is 47.2 Å². The van der Waals surface area contributed by atoms with Crippen LogP contribution < -0.4 is 5.32 Å². The van der Waals surface area contributed by atoms with E-state index in [9.17, 15) is 4.79 Å². The standard InChI is InChI=1S/C24H24N2O2/c1-16(2)19-8-10-20(11-9-19)25-24(27)22-14-23-21(12-13-28-23)26(22)15-18-6-4-17(3)5-7-18/h4-14,16H,15H2,1-3H3,(H,25,27). The molecule has 2 aromatic carbocycles. The number of benzene rings is 2. The fraction of sp³-hybridized carbons (Fsp3) is 0.208. The van der Waals surface area contributed by atoms with Gasteiger partial charge >= 0.3 is 0 Å². The van der Waals surface area contributed by atoms with Gasteiger partial charge in [-0.25, -0.2) is 0 Å². The maximum atomic E-state index is 13.0. The maximum Gasteiger partial charge on any atom is 0.272 e.